The van der Waals surface area contributed by atoms with Crippen molar-refractivity contribution < 1.29 is 28.7 Å². The molecule has 3 aromatic carbocycles. The van der Waals surface area contributed by atoms with Gasteiger partial charge in [0, 0.05) is 70.5 Å². The van der Waals surface area contributed by atoms with E-state index in [0.29, 0.717) is 25.2 Å². The summed E-state index contributed by atoms with van der Waals surface area (Å²) in [7, 11) is 4.16. The minimum atomic E-state index is -1.00. The van der Waals surface area contributed by atoms with E-state index in [0.717, 1.165) is 101 Å². The van der Waals surface area contributed by atoms with Gasteiger partial charge in [-0.15, -0.1) is 0 Å². The lowest BCUT2D eigenvalue weighted by atomic mass is 10.0. The first-order valence-electron chi connectivity index (χ1n) is 22.0. The Balaban J connectivity index is 0.760. The number of fused-ring (bicyclic) bond motifs is 1. The van der Waals surface area contributed by atoms with Crippen LogP contribution in [-0.2, 0) is 27.5 Å². The van der Waals surface area contributed by atoms with Crippen molar-refractivity contribution in [3.63, 3.8) is 0 Å². The van der Waals surface area contributed by atoms with Gasteiger partial charge in [-0.3, -0.25) is 34.2 Å². The molecule has 0 saturated carbocycles. The number of nitrogens with zero attached hydrogens (tertiary/aromatic N) is 3. The van der Waals surface area contributed by atoms with Crippen LogP contribution in [0.1, 0.15) is 115 Å². The number of hydrogen-bond acceptors (Lipinski definition) is 10. The fourth-order valence-corrected chi connectivity index (χ4v) is 8.33. The average molecular weight is 822 g/mol. The second kappa shape index (κ2) is 22.4. The van der Waals surface area contributed by atoms with E-state index in [4.69, 9.17) is 4.74 Å². The standard InChI is InChI=1S/C47H63N7O6/c1-52(2)40-17-10-9-14-35(40)33-49-28-13-27-48-32-34-19-21-37(22-20-34)60-31-11-7-5-3-4-6-8-18-43(56)53-29-25-36(26-30-53)50-39-16-12-15-38-44(39)47(59)54(46(38)58)41-23-24-42(55)51-45(41)57/h9-10,12,14-17,19-22,36,41,48-50H,3-8,11,13,18,23-33H2,1-2H3,(H,51,55,57). The van der Waals surface area contributed by atoms with Gasteiger partial charge in [-0.1, -0.05) is 68.5 Å². The van der Waals surface area contributed by atoms with Crippen LogP contribution in [-0.4, -0.2) is 98.3 Å². The van der Waals surface area contributed by atoms with Gasteiger partial charge in [0.15, 0.2) is 0 Å². The summed E-state index contributed by atoms with van der Waals surface area (Å²) < 4.78 is 5.99. The second-order valence-electron chi connectivity index (χ2n) is 16.4. The number of para-hydroxylation sites is 1. The molecular formula is C47H63N7O6. The number of likely N-dealkylation sites (tertiary alicyclic amines) is 1. The van der Waals surface area contributed by atoms with Gasteiger partial charge in [0.2, 0.25) is 17.7 Å². The molecule has 2 fully saturated rings. The molecule has 0 spiro atoms. The number of rotatable bonds is 23. The quantitative estimate of drug-likeness (QED) is 0.0660. The van der Waals surface area contributed by atoms with Crippen molar-refractivity contribution in [3.05, 3.63) is 89.0 Å². The molecule has 0 bridgehead atoms. The number of anilines is 2. The maximum absolute atomic E-state index is 13.4. The van der Waals surface area contributed by atoms with Gasteiger partial charge in [0.1, 0.15) is 11.8 Å². The average Bonchev–Trinajstić information content (AvgIpc) is 3.50. The van der Waals surface area contributed by atoms with E-state index in [1.165, 1.54) is 23.2 Å². The molecule has 322 valence electrons. The van der Waals surface area contributed by atoms with Crippen molar-refractivity contribution in [2.75, 3.05) is 57.1 Å². The fraction of sp³-hybridized carbons (Fsp3) is 0.511. The van der Waals surface area contributed by atoms with Crippen molar-refractivity contribution in [3.8, 4) is 5.75 Å². The maximum atomic E-state index is 13.4. The molecule has 3 heterocycles. The molecule has 0 radical (unpaired) electrons. The molecule has 1 atom stereocenters. The van der Waals surface area contributed by atoms with Crippen LogP contribution in [0.2, 0.25) is 0 Å². The SMILES string of the molecule is CN(C)c1ccccc1CNCCCNCc1ccc(OCCCCCCCCCC(=O)N2CCC(Nc3cccc4c3C(=O)N(C3CCC(=O)NC3=O)C4=O)CC2)cc1. The molecule has 6 rings (SSSR count). The van der Waals surface area contributed by atoms with Crippen LogP contribution in [0, 0.1) is 0 Å². The summed E-state index contributed by atoms with van der Waals surface area (Å²) in [5, 5.41) is 12.8. The van der Waals surface area contributed by atoms with Gasteiger partial charge >= 0.3 is 0 Å². The van der Waals surface area contributed by atoms with Crippen molar-refractivity contribution in [1.82, 2.24) is 25.8 Å². The van der Waals surface area contributed by atoms with E-state index >= 15 is 0 Å². The van der Waals surface area contributed by atoms with Crippen LogP contribution in [0.15, 0.2) is 66.7 Å². The minimum Gasteiger partial charge on any atom is -0.494 e. The Morgan fingerprint density at radius 1 is 0.767 bits per heavy atom. The highest BCUT2D eigenvalue weighted by molar-refractivity contribution is 6.25. The number of imide groups is 2. The van der Waals surface area contributed by atoms with Gasteiger partial charge in [-0.05, 0) is 93.1 Å². The number of amides is 5. The summed E-state index contributed by atoms with van der Waals surface area (Å²) in [6.45, 7) is 5.65. The smallest absolute Gasteiger partial charge is 0.264 e. The number of unbranched alkanes of at least 4 members (excludes halogenated alkanes) is 6. The highest BCUT2D eigenvalue weighted by atomic mass is 16.5. The van der Waals surface area contributed by atoms with Crippen molar-refractivity contribution in [1.29, 1.82) is 0 Å². The van der Waals surface area contributed by atoms with E-state index in [9.17, 15) is 24.0 Å². The highest BCUT2D eigenvalue weighted by Gasteiger charge is 2.45. The molecule has 13 nitrogen and oxygen atoms in total. The van der Waals surface area contributed by atoms with Gasteiger partial charge in [-0.25, -0.2) is 0 Å². The van der Waals surface area contributed by atoms with Crippen LogP contribution in [0.4, 0.5) is 11.4 Å². The lowest BCUT2D eigenvalue weighted by molar-refractivity contribution is -0.136. The molecule has 3 aromatic rings. The number of carbonyl (C=O) groups is 5. The summed E-state index contributed by atoms with van der Waals surface area (Å²) >= 11 is 0. The zero-order chi connectivity index (χ0) is 42.3. The Morgan fingerprint density at radius 3 is 2.20 bits per heavy atom. The van der Waals surface area contributed by atoms with Gasteiger partial charge in [0.25, 0.3) is 11.8 Å². The van der Waals surface area contributed by atoms with Gasteiger partial charge < -0.3 is 30.5 Å². The normalized spacial score (nSPS) is 16.9. The van der Waals surface area contributed by atoms with Crippen LogP contribution in [0.5, 0.6) is 5.75 Å². The molecule has 60 heavy (non-hydrogen) atoms. The molecule has 5 amide bonds. The maximum Gasteiger partial charge on any atom is 0.264 e. The van der Waals surface area contributed by atoms with Crippen LogP contribution in [0.25, 0.3) is 0 Å². The Hall–Kier alpha value is -5.27. The third-order valence-electron chi connectivity index (χ3n) is 11.7. The summed E-state index contributed by atoms with van der Waals surface area (Å²) in [4.78, 5) is 68.8. The lowest BCUT2D eigenvalue weighted by Crippen LogP contribution is -2.54. The van der Waals surface area contributed by atoms with E-state index < -0.39 is 29.7 Å². The predicted molar refractivity (Wildman–Crippen MR) is 234 cm³/mol. The monoisotopic (exact) mass is 821 g/mol. The molecule has 2 saturated heterocycles. The number of ether oxygens (including phenoxy) is 1. The first-order chi connectivity index (χ1) is 29.2. The minimum absolute atomic E-state index is 0.0405. The molecule has 1 unspecified atom stereocenters. The molecule has 13 heteroatoms. The number of hydrogen-bond donors (Lipinski definition) is 4. The van der Waals surface area contributed by atoms with Crippen molar-refractivity contribution in [2.24, 2.45) is 0 Å². The van der Waals surface area contributed by atoms with Crippen LogP contribution >= 0.6 is 0 Å². The van der Waals surface area contributed by atoms with Gasteiger partial charge in [0.05, 0.1) is 17.7 Å². The largest absolute Gasteiger partial charge is 0.494 e. The Morgan fingerprint density at radius 2 is 1.47 bits per heavy atom. The lowest BCUT2D eigenvalue weighted by Gasteiger charge is -2.33. The molecule has 3 aliphatic heterocycles. The number of benzene rings is 3. The van der Waals surface area contributed by atoms with Crippen LogP contribution < -0.4 is 30.9 Å². The first kappa shape index (κ1) is 44.3. The Bertz CT molecular complexity index is 1930. The Kier molecular flexibility index (Phi) is 16.5. The summed E-state index contributed by atoms with van der Waals surface area (Å²) in [5.74, 6) is -0.961. The third kappa shape index (κ3) is 12.2. The number of carbonyl (C=O) groups excluding carboxylic acids is 5. The third-order valence-corrected chi connectivity index (χ3v) is 11.7. The summed E-state index contributed by atoms with van der Waals surface area (Å²) in [5.41, 5.74) is 4.91. The van der Waals surface area contributed by atoms with Crippen molar-refractivity contribution >= 4 is 40.9 Å². The number of piperidine rings is 2. The molecule has 0 aromatic heterocycles. The zero-order valence-corrected chi connectivity index (χ0v) is 35.4. The molecule has 4 N–H and O–H groups in total. The zero-order valence-electron chi connectivity index (χ0n) is 35.4. The van der Waals surface area contributed by atoms with E-state index in [1.54, 1.807) is 18.2 Å². The first-order valence-corrected chi connectivity index (χ1v) is 22.0. The predicted octanol–water partition coefficient (Wildman–Crippen LogP) is 6.03. The molecule has 0 aliphatic carbocycles. The van der Waals surface area contributed by atoms with E-state index in [-0.39, 0.29) is 35.9 Å². The summed E-state index contributed by atoms with van der Waals surface area (Å²) in [6, 6.07) is 21.0. The molecular weight excluding hydrogens is 759 g/mol. The second-order valence-corrected chi connectivity index (χ2v) is 16.4. The van der Waals surface area contributed by atoms with Crippen molar-refractivity contribution in [2.45, 2.75) is 109 Å². The fourth-order valence-electron chi connectivity index (χ4n) is 8.33. The van der Waals surface area contributed by atoms with E-state index in [2.05, 4.69) is 88.8 Å². The molecule has 3 aliphatic rings. The summed E-state index contributed by atoms with van der Waals surface area (Å²) in [6.07, 6.45) is 10.8. The van der Waals surface area contributed by atoms with E-state index in [1.807, 2.05) is 4.90 Å². The highest BCUT2D eigenvalue weighted by Crippen LogP contribution is 2.33. The van der Waals surface area contributed by atoms with Crippen LogP contribution in [0.3, 0.4) is 0 Å². The number of nitrogens with one attached hydrogen (secondary N) is 4. The topological polar surface area (TPSA) is 152 Å². The van der Waals surface area contributed by atoms with Gasteiger partial charge in [-0.2, -0.15) is 0 Å². The Labute approximate surface area is 355 Å².